The molecule has 23 heavy (non-hydrogen) atoms. The maximum atomic E-state index is 12.3. The van der Waals surface area contributed by atoms with Crippen molar-refractivity contribution in [2.75, 3.05) is 19.6 Å². The van der Waals surface area contributed by atoms with E-state index in [4.69, 9.17) is 0 Å². The van der Waals surface area contributed by atoms with Crippen LogP contribution in [0.15, 0.2) is 0 Å². The second-order valence-corrected chi connectivity index (χ2v) is 7.98. The van der Waals surface area contributed by atoms with Gasteiger partial charge in [-0.15, -0.1) is 0 Å². The van der Waals surface area contributed by atoms with E-state index in [9.17, 15) is 9.59 Å². The fraction of sp³-hybridized carbons (Fsp3) is 0.889. The van der Waals surface area contributed by atoms with Crippen molar-refractivity contribution in [3.05, 3.63) is 0 Å². The van der Waals surface area contributed by atoms with Crippen molar-refractivity contribution < 1.29 is 9.59 Å². The molecule has 2 saturated carbocycles. The molecule has 4 rings (SSSR count). The minimum absolute atomic E-state index is 0.100. The number of hydrogen-bond acceptors (Lipinski definition) is 3. The van der Waals surface area contributed by atoms with Crippen molar-refractivity contribution in [2.45, 2.75) is 75.9 Å². The maximum Gasteiger partial charge on any atom is 0.225 e. The molecule has 0 radical (unpaired) electrons. The van der Waals surface area contributed by atoms with Gasteiger partial charge in [0.05, 0.1) is 12.0 Å². The maximum absolute atomic E-state index is 12.3. The van der Waals surface area contributed by atoms with E-state index >= 15 is 0 Å². The highest BCUT2D eigenvalue weighted by Crippen LogP contribution is 2.30. The summed E-state index contributed by atoms with van der Waals surface area (Å²) in [5, 5.41) is 3.05. The number of hydrogen-bond donors (Lipinski definition) is 1. The first kappa shape index (κ1) is 15.4. The van der Waals surface area contributed by atoms with Gasteiger partial charge in [0, 0.05) is 38.1 Å². The number of nitrogens with one attached hydrogen (secondary N) is 1. The normalized spacial score (nSPS) is 31.0. The molecule has 5 heteroatoms. The fourth-order valence-corrected chi connectivity index (χ4v) is 4.41. The summed E-state index contributed by atoms with van der Waals surface area (Å²) < 4.78 is 0. The molecule has 2 amide bonds. The van der Waals surface area contributed by atoms with Crippen molar-refractivity contribution >= 4 is 11.8 Å². The van der Waals surface area contributed by atoms with Gasteiger partial charge in [-0.1, -0.05) is 25.7 Å². The Bertz CT molecular complexity index is 463. The molecule has 1 atom stereocenters. The van der Waals surface area contributed by atoms with Crippen LogP contribution >= 0.6 is 0 Å². The molecule has 1 N–H and O–H groups in total. The Hall–Kier alpha value is -1.10. The first-order chi connectivity index (χ1) is 11.2. The van der Waals surface area contributed by atoms with Crippen molar-refractivity contribution in [3.63, 3.8) is 0 Å². The Morgan fingerprint density at radius 3 is 2.26 bits per heavy atom. The molecular weight excluding hydrogens is 290 g/mol. The molecular formula is C18H29N3O2. The topological polar surface area (TPSA) is 52.7 Å². The number of amides is 2. The van der Waals surface area contributed by atoms with E-state index in [1.54, 1.807) is 0 Å². The van der Waals surface area contributed by atoms with Gasteiger partial charge in [0.1, 0.15) is 0 Å². The molecule has 2 heterocycles. The second-order valence-electron chi connectivity index (χ2n) is 7.98. The summed E-state index contributed by atoms with van der Waals surface area (Å²) in [5.74, 6) is 0.171. The van der Waals surface area contributed by atoms with Crippen LogP contribution < -0.4 is 5.32 Å². The molecule has 4 aliphatic rings. The average molecular weight is 319 g/mol. The van der Waals surface area contributed by atoms with E-state index < -0.39 is 0 Å². The summed E-state index contributed by atoms with van der Waals surface area (Å²) in [6.45, 7) is 2.68. The van der Waals surface area contributed by atoms with E-state index in [1.807, 2.05) is 4.90 Å². The molecule has 0 aromatic rings. The zero-order chi connectivity index (χ0) is 15.8. The van der Waals surface area contributed by atoms with Crippen LogP contribution in [0.5, 0.6) is 0 Å². The van der Waals surface area contributed by atoms with Gasteiger partial charge in [0.2, 0.25) is 11.8 Å². The van der Waals surface area contributed by atoms with Gasteiger partial charge in [-0.2, -0.15) is 0 Å². The van der Waals surface area contributed by atoms with Gasteiger partial charge >= 0.3 is 0 Å². The Morgan fingerprint density at radius 1 is 0.913 bits per heavy atom. The molecule has 2 saturated heterocycles. The van der Waals surface area contributed by atoms with Crippen molar-refractivity contribution in [2.24, 2.45) is 5.92 Å². The monoisotopic (exact) mass is 319 g/mol. The fourth-order valence-electron chi connectivity index (χ4n) is 4.41. The van der Waals surface area contributed by atoms with Gasteiger partial charge in [0.25, 0.3) is 0 Å². The van der Waals surface area contributed by atoms with E-state index in [0.717, 1.165) is 32.0 Å². The molecule has 2 aliphatic carbocycles. The third kappa shape index (κ3) is 3.39. The number of carbonyl (C=O) groups is 2. The minimum atomic E-state index is -0.116. The molecule has 0 bridgehead atoms. The third-order valence-corrected chi connectivity index (χ3v) is 6.13. The van der Waals surface area contributed by atoms with Gasteiger partial charge in [-0.25, -0.2) is 0 Å². The summed E-state index contributed by atoms with van der Waals surface area (Å²) in [7, 11) is 0. The van der Waals surface area contributed by atoms with Crippen molar-refractivity contribution in [3.8, 4) is 0 Å². The lowest BCUT2D eigenvalue weighted by Crippen LogP contribution is -2.62. The molecule has 2 aliphatic heterocycles. The van der Waals surface area contributed by atoms with Crippen LogP contribution in [0.4, 0.5) is 0 Å². The highest BCUT2D eigenvalue weighted by atomic mass is 16.2. The molecule has 0 aromatic carbocycles. The SMILES string of the molecule is O=C(NC1CC1)C1CC(=O)N(C2CN(C3CCCCCC3)C2)C1. The number of carbonyl (C=O) groups excluding carboxylic acids is 2. The number of likely N-dealkylation sites (tertiary alicyclic amines) is 2. The molecule has 1 unspecified atom stereocenters. The third-order valence-electron chi connectivity index (χ3n) is 6.13. The summed E-state index contributed by atoms with van der Waals surface area (Å²) >= 11 is 0. The van der Waals surface area contributed by atoms with Crippen LogP contribution in [0.2, 0.25) is 0 Å². The highest BCUT2D eigenvalue weighted by molar-refractivity contribution is 5.89. The summed E-state index contributed by atoms with van der Waals surface area (Å²) in [6.07, 6.45) is 10.8. The Kier molecular flexibility index (Phi) is 4.31. The van der Waals surface area contributed by atoms with Crippen LogP contribution in [0, 0.1) is 5.92 Å². The Labute approximate surface area is 138 Å². The predicted octanol–water partition coefficient (Wildman–Crippen LogP) is 1.52. The van der Waals surface area contributed by atoms with Gasteiger partial charge in [-0.05, 0) is 25.7 Å². The van der Waals surface area contributed by atoms with Crippen molar-refractivity contribution in [1.29, 1.82) is 0 Å². The van der Waals surface area contributed by atoms with Gasteiger partial charge in [-0.3, -0.25) is 14.5 Å². The van der Waals surface area contributed by atoms with E-state index in [1.165, 1.54) is 38.5 Å². The summed E-state index contributed by atoms with van der Waals surface area (Å²) in [5.41, 5.74) is 0. The largest absolute Gasteiger partial charge is 0.353 e. The summed E-state index contributed by atoms with van der Waals surface area (Å²) in [4.78, 5) is 29.0. The van der Waals surface area contributed by atoms with Gasteiger partial charge in [0.15, 0.2) is 0 Å². The zero-order valence-electron chi connectivity index (χ0n) is 14.0. The lowest BCUT2D eigenvalue weighted by molar-refractivity contribution is -0.133. The van der Waals surface area contributed by atoms with E-state index in [-0.39, 0.29) is 17.7 Å². The lowest BCUT2D eigenvalue weighted by Gasteiger charge is -2.48. The molecule has 5 nitrogen and oxygen atoms in total. The van der Waals surface area contributed by atoms with Crippen LogP contribution in [0.25, 0.3) is 0 Å². The first-order valence-corrected chi connectivity index (χ1v) is 9.54. The summed E-state index contributed by atoms with van der Waals surface area (Å²) in [6, 6.07) is 1.48. The number of rotatable bonds is 4. The molecule has 0 spiro atoms. The minimum Gasteiger partial charge on any atom is -0.353 e. The average Bonchev–Trinajstić information content (AvgIpc) is 3.25. The quantitative estimate of drug-likeness (QED) is 0.800. The Balaban J connectivity index is 1.26. The predicted molar refractivity (Wildman–Crippen MR) is 87.8 cm³/mol. The second kappa shape index (κ2) is 6.42. The van der Waals surface area contributed by atoms with Crippen LogP contribution in [0.1, 0.15) is 57.8 Å². The van der Waals surface area contributed by atoms with Crippen LogP contribution in [-0.4, -0.2) is 59.4 Å². The van der Waals surface area contributed by atoms with Gasteiger partial charge < -0.3 is 10.2 Å². The van der Waals surface area contributed by atoms with Crippen LogP contribution in [-0.2, 0) is 9.59 Å². The van der Waals surface area contributed by atoms with E-state index in [2.05, 4.69) is 10.2 Å². The Morgan fingerprint density at radius 2 is 1.61 bits per heavy atom. The molecule has 128 valence electrons. The smallest absolute Gasteiger partial charge is 0.225 e. The van der Waals surface area contributed by atoms with Crippen molar-refractivity contribution in [1.82, 2.24) is 15.1 Å². The number of nitrogens with zero attached hydrogens (tertiary/aromatic N) is 2. The first-order valence-electron chi connectivity index (χ1n) is 9.54. The lowest BCUT2D eigenvalue weighted by atomic mass is 9.99. The molecule has 4 fully saturated rings. The molecule has 0 aromatic heterocycles. The highest BCUT2D eigenvalue weighted by Gasteiger charge is 2.44. The zero-order valence-corrected chi connectivity index (χ0v) is 14.0. The standard InChI is InChI=1S/C18H29N3O2/c22-17-9-13(18(23)19-14-7-8-14)10-21(17)16-11-20(12-16)15-5-3-1-2-4-6-15/h13-16H,1-12H2,(H,19,23). The van der Waals surface area contributed by atoms with E-state index in [0.29, 0.717) is 25.0 Å². The van der Waals surface area contributed by atoms with Crippen LogP contribution in [0.3, 0.4) is 0 Å².